The van der Waals surface area contributed by atoms with Crippen LogP contribution in [0.4, 0.5) is 0 Å². The largest absolute Gasteiger partial charge is 0.489 e. The van der Waals surface area contributed by atoms with Gasteiger partial charge in [-0.3, -0.25) is 0 Å². The summed E-state index contributed by atoms with van der Waals surface area (Å²) in [7, 11) is -1.41. The Hall–Kier alpha value is -5.76. The third kappa shape index (κ3) is 7.92. The van der Waals surface area contributed by atoms with Crippen molar-refractivity contribution in [2.24, 2.45) is 0 Å². The molecule has 0 aliphatic carbocycles. The van der Waals surface area contributed by atoms with Crippen LogP contribution in [0.5, 0.6) is 0 Å². The van der Waals surface area contributed by atoms with Crippen molar-refractivity contribution >= 4 is 202 Å². The predicted octanol–water partition coefficient (Wildman–Crippen LogP) is 20.1. The third-order valence-corrected chi connectivity index (χ3v) is 21.2. The van der Waals surface area contributed by atoms with Gasteiger partial charge in [0.1, 0.15) is 0 Å². The van der Waals surface area contributed by atoms with Crippen molar-refractivity contribution in [2.45, 2.75) is 7.43 Å². The van der Waals surface area contributed by atoms with E-state index in [0.29, 0.717) is 5.46 Å². The quantitative estimate of drug-likeness (QED) is 0.173. The van der Waals surface area contributed by atoms with E-state index in [4.69, 9.17) is 0 Å². The van der Waals surface area contributed by atoms with Crippen molar-refractivity contribution in [3.05, 3.63) is 209 Å². The van der Waals surface area contributed by atoms with Gasteiger partial charge < -0.3 is 10.0 Å². The van der Waals surface area contributed by atoms with E-state index in [-0.39, 0.29) is 7.43 Å². The van der Waals surface area contributed by atoms with Crippen LogP contribution in [0.1, 0.15) is 7.43 Å². The lowest BCUT2D eigenvalue weighted by Gasteiger charge is -2.05. The molecular formula is C61H39BBr2O2S5. The summed E-state index contributed by atoms with van der Waals surface area (Å²) in [5.41, 5.74) is 5.91. The van der Waals surface area contributed by atoms with Crippen LogP contribution in [-0.4, -0.2) is 17.2 Å². The van der Waals surface area contributed by atoms with Crippen LogP contribution in [-0.2, 0) is 0 Å². The summed E-state index contributed by atoms with van der Waals surface area (Å²) in [6, 6.07) is 71.2. The fraction of sp³-hybridized carbons (Fsp3) is 0.0164. The fourth-order valence-electron chi connectivity index (χ4n) is 9.89. The van der Waals surface area contributed by atoms with Crippen LogP contribution in [0.2, 0.25) is 0 Å². The molecule has 0 radical (unpaired) electrons. The summed E-state index contributed by atoms with van der Waals surface area (Å²) in [6.07, 6.45) is 0. The van der Waals surface area contributed by atoms with E-state index in [1.54, 1.807) is 17.4 Å². The molecule has 0 atom stereocenters. The minimum absolute atomic E-state index is 0. The highest BCUT2D eigenvalue weighted by Crippen LogP contribution is 2.49. The maximum absolute atomic E-state index is 9.31. The van der Waals surface area contributed by atoms with E-state index in [9.17, 15) is 10.0 Å². The lowest BCUT2D eigenvalue weighted by atomic mass is 9.80. The molecule has 0 unspecified atom stereocenters. The minimum atomic E-state index is -1.41. The Morgan fingerprint density at radius 1 is 0.268 bits per heavy atom. The average Bonchev–Trinajstić information content (AvgIpc) is 4.23. The Bertz CT molecular complexity index is 4300. The van der Waals surface area contributed by atoms with Crippen molar-refractivity contribution < 1.29 is 10.0 Å². The van der Waals surface area contributed by atoms with E-state index in [1.807, 2.05) is 75.7 Å². The Balaban J connectivity index is 0.000000132. The van der Waals surface area contributed by atoms with Crippen molar-refractivity contribution in [3.63, 3.8) is 0 Å². The molecule has 0 spiro atoms. The molecule has 0 amide bonds. The summed E-state index contributed by atoms with van der Waals surface area (Å²) in [5.74, 6) is 0. The van der Waals surface area contributed by atoms with Gasteiger partial charge in [0.15, 0.2) is 0 Å². The molecule has 5 aromatic heterocycles. The first-order chi connectivity index (χ1) is 34.4. The molecule has 10 heteroatoms. The first kappa shape index (κ1) is 46.3. The average molecular weight is 1130 g/mol. The molecule has 10 aromatic carbocycles. The molecule has 0 aliphatic rings. The van der Waals surface area contributed by atoms with Gasteiger partial charge in [-0.05, 0) is 73.0 Å². The zero-order valence-corrected chi connectivity index (χ0v) is 44.1. The van der Waals surface area contributed by atoms with Crippen molar-refractivity contribution in [2.75, 3.05) is 0 Å². The Labute approximate surface area is 446 Å². The SMILES string of the molecule is Brc1cccc2c1sc1c(Br)cccc12.C.OB(O)c1cccc2c1sc1ccccc12.c1ccc2c(c1)sc1c(-c3cccc4c3sc3c(-c5cccc6c5sc5ccccc56)cccc34)cccc12. The van der Waals surface area contributed by atoms with E-state index >= 15 is 0 Å². The molecule has 0 fully saturated rings. The molecule has 342 valence electrons. The fourth-order valence-corrected chi connectivity index (χ4v) is 17.3. The Morgan fingerprint density at radius 3 is 0.930 bits per heavy atom. The van der Waals surface area contributed by atoms with Gasteiger partial charge in [-0.25, -0.2) is 0 Å². The van der Waals surface area contributed by atoms with Crippen LogP contribution >= 0.6 is 88.5 Å². The van der Waals surface area contributed by atoms with E-state index < -0.39 is 7.12 Å². The van der Waals surface area contributed by atoms with Crippen LogP contribution in [0, 0.1) is 0 Å². The first-order valence-corrected chi connectivity index (χ1v) is 28.3. The van der Waals surface area contributed by atoms with Gasteiger partial charge in [-0.2, -0.15) is 0 Å². The van der Waals surface area contributed by atoms with Crippen molar-refractivity contribution in [3.8, 4) is 22.3 Å². The van der Waals surface area contributed by atoms with E-state index in [1.165, 1.54) is 122 Å². The van der Waals surface area contributed by atoms with Gasteiger partial charge in [-0.1, -0.05) is 177 Å². The van der Waals surface area contributed by atoms with Gasteiger partial charge in [0.25, 0.3) is 0 Å². The predicted molar refractivity (Wildman–Crippen MR) is 327 cm³/mol. The number of fused-ring (bicyclic) bond motifs is 15. The van der Waals surface area contributed by atoms with Crippen molar-refractivity contribution in [1.82, 2.24) is 0 Å². The lowest BCUT2D eigenvalue weighted by Crippen LogP contribution is -2.29. The molecule has 0 aliphatic heterocycles. The van der Waals surface area contributed by atoms with Crippen molar-refractivity contribution in [1.29, 1.82) is 0 Å². The number of benzene rings is 10. The summed E-state index contributed by atoms with van der Waals surface area (Å²) < 4.78 is 15.3. The highest BCUT2D eigenvalue weighted by molar-refractivity contribution is 9.11. The molecule has 15 rings (SSSR count). The van der Waals surface area contributed by atoms with Crippen LogP contribution in [0.3, 0.4) is 0 Å². The molecule has 0 saturated heterocycles. The lowest BCUT2D eigenvalue weighted by molar-refractivity contribution is 0.426. The Morgan fingerprint density at radius 2 is 0.535 bits per heavy atom. The highest BCUT2D eigenvalue weighted by atomic mass is 79.9. The number of halogens is 2. The molecule has 71 heavy (non-hydrogen) atoms. The van der Waals surface area contributed by atoms with Gasteiger partial charge in [0, 0.05) is 127 Å². The molecular weight excluding hydrogens is 1100 g/mol. The number of thiophene rings is 5. The summed E-state index contributed by atoms with van der Waals surface area (Å²) in [4.78, 5) is 0. The maximum Gasteiger partial charge on any atom is 0.489 e. The second kappa shape index (κ2) is 19.0. The summed E-state index contributed by atoms with van der Waals surface area (Å²) in [6.45, 7) is 0. The number of rotatable bonds is 3. The zero-order valence-electron chi connectivity index (χ0n) is 36.8. The standard InChI is InChI=1S/C36H20S3.C12H9BO2S.C12H6Br2S.CH4/c1-3-19-31-21(9-1)23-11-5-13-25(33(23)37-31)27-15-7-17-29-30-18-8-16-28(36(30)39-35(27)29)26-14-6-12-24-22-10-2-4-20-32(22)38-34(24)26;14-13(15)10-6-3-5-9-8-4-1-2-7-11(8)16-12(9)10;13-9-5-1-3-7-8-4-2-6-10(14)12(8)15-11(7)9;/h1-20H;1-7,14-15H;1-6H;1H4. The molecule has 15 aromatic rings. The third-order valence-electron chi connectivity index (χ3n) is 13.1. The van der Waals surface area contributed by atoms with Gasteiger partial charge in [0.05, 0.1) is 0 Å². The first-order valence-electron chi connectivity index (χ1n) is 22.7. The molecule has 0 saturated carbocycles. The smallest absolute Gasteiger partial charge is 0.423 e. The molecule has 5 heterocycles. The minimum Gasteiger partial charge on any atom is -0.423 e. The van der Waals surface area contributed by atoms with Gasteiger partial charge in [0.2, 0.25) is 0 Å². The maximum atomic E-state index is 9.31. The van der Waals surface area contributed by atoms with Gasteiger partial charge >= 0.3 is 7.12 Å². The summed E-state index contributed by atoms with van der Waals surface area (Å²) >= 11 is 16.4. The topological polar surface area (TPSA) is 40.5 Å². The second-order valence-corrected chi connectivity index (χ2v) is 24.0. The molecule has 0 bridgehead atoms. The normalized spacial score (nSPS) is 11.5. The monoisotopic (exact) mass is 1130 g/mol. The van der Waals surface area contributed by atoms with Crippen LogP contribution in [0.15, 0.2) is 209 Å². The second-order valence-electron chi connectivity index (χ2n) is 17.1. The highest BCUT2D eigenvalue weighted by Gasteiger charge is 2.20. The van der Waals surface area contributed by atoms with Gasteiger partial charge in [-0.15, -0.1) is 56.7 Å². The molecule has 2 nitrogen and oxygen atoms in total. The Kier molecular flexibility index (Phi) is 12.4. The van der Waals surface area contributed by atoms with E-state index in [0.717, 1.165) is 10.1 Å². The number of hydrogen-bond acceptors (Lipinski definition) is 7. The van der Waals surface area contributed by atoms with E-state index in [2.05, 4.69) is 196 Å². The van der Waals surface area contributed by atoms with Crippen LogP contribution in [0.25, 0.3) is 123 Å². The zero-order chi connectivity index (χ0) is 47.0. The summed E-state index contributed by atoms with van der Waals surface area (Å²) in [5, 5.41) is 31.6. The van der Waals surface area contributed by atoms with Crippen LogP contribution < -0.4 is 5.46 Å². The molecule has 2 N–H and O–H groups in total. The number of hydrogen-bond donors (Lipinski definition) is 2.